The Bertz CT molecular complexity index is 508. The van der Waals surface area contributed by atoms with Gasteiger partial charge in [-0.25, -0.2) is 0 Å². The van der Waals surface area contributed by atoms with Gasteiger partial charge in [-0.1, -0.05) is 12.1 Å². The summed E-state index contributed by atoms with van der Waals surface area (Å²) in [4.78, 5) is 11.5. The number of nitrogens with two attached hydrogens (primary N) is 1. The van der Waals surface area contributed by atoms with Crippen molar-refractivity contribution in [3.05, 3.63) is 40.4 Å². The molecule has 0 bridgehead atoms. The predicted octanol–water partition coefficient (Wildman–Crippen LogP) is 2.65. The maximum Gasteiger partial charge on any atom is 0.416 e. The molecule has 0 fully saturated rings. The van der Waals surface area contributed by atoms with Gasteiger partial charge in [0, 0.05) is 0 Å². The average Bonchev–Trinajstić information content (AvgIpc) is 2.57. The molecule has 0 spiro atoms. The third-order valence-corrected chi connectivity index (χ3v) is 3.28. The zero-order chi connectivity index (χ0) is 12.6. The largest absolute Gasteiger partial charge is 0.416 e. The van der Waals surface area contributed by atoms with Crippen molar-refractivity contribution in [1.82, 2.24) is 0 Å². The first-order valence-corrected chi connectivity index (χ1v) is 5.71. The van der Waals surface area contributed by atoms with Crippen molar-refractivity contribution in [2.24, 2.45) is 5.73 Å². The minimum atomic E-state index is -4.42. The maximum atomic E-state index is 12.5. The van der Waals surface area contributed by atoms with Gasteiger partial charge in [0.1, 0.15) is 0 Å². The van der Waals surface area contributed by atoms with E-state index in [4.69, 9.17) is 5.73 Å². The first-order valence-electron chi connectivity index (χ1n) is 4.73. The van der Waals surface area contributed by atoms with Gasteiger partial charge >= 0.3 is 6.18 Å². The molecule has 17 heavy (non-hydrogen) atoms. The van der Waals surface area contributed by atoms with E-state index >= 15 is 0 Å². The van der Waals surface area contributed by atoms with Gasteiger partial charge in [0.2, 0.25) is 0 Å². The second kappa shape index (κ2) is 4.10. The lowest BCUT2D eigenvalue weighted by molar-refractivity contribution is -0.137. The first-order chi connectivity index (χ1) is 7.89. The van der Waals surface area contributed by atoms with E-state index in [0.717, 1.165) is 23.9 Å². The van der Waals surface area contributed by atoms with Crippen molar-refractivity contribution < 1.29 is 18.0 Å². The molecule has 1 aromatic rings. The molecular weight excluding hydrogens is 251 g/mol. The van der Waals surface area contributed by atoms with E-state index in [-0.39, 0.29) is 27.7 Å². The smallest absolute Gasteiger partial charge is 0.393 e. The molecule has 1 aliphatic heterocycles. The van der Waals surface area contributed by atoms with Crippen LogP contribution in [0.25, 0.3) is 5.57 Å². The molecule has 1 aliphatic rings. The fourth-order valence-corrected chi connectivity index (χ4v) is 2.39. The summed E-state index contributed by atoms with van der Waals surface area (Å²) in [7, 11) is 0. The molecule has 0 aliphatic carbocycles. The normalized spacial score (nSPS) is 16.8. The van der Waals surface area contributed by atoms with Gasteiger partial charge in [-0.15, -0.1) is 11.8 Å². The second-order valence-electron chi connectivity index (χ2n) is 3.53. The van der Waals surface area contributed by atoms with Crippen molar-refractivity contribution >= 4 is 23.1 Å². The zero-order valence-electron chi connectivity index (χ0n) is 8.54. The Balaban J connectivity index is 2.48. The van der Waals surface area contributed by atoms with Crippen LogP contribution in [-0.4, -0.2) is 11.5 Å². The number of allylic oxidation sites excluding steroid dienone is 1. The van der Waals surface area contributed by atoms with Crippen LogP contribution in [0.1, 0.15) is 11.1 Å². The third kappa shape index (κ3) is 2.31. The highest BCUT2D eigenvalue weighted by atomic mass is 32.2. The van der Waals surface area contributed by atoms with Gasteiger partial charge in [0.15, 0.2) is 5.78 Å². The number of hydrogen-bond acceptors (Lipinski definition) is 3. The summed E-state index contributed by atoms with van der Waals surface area (Å²) in [5.74, 6) is -0.0379. The van der Waals surface area contributed by atoms with E-state index < -0.39 is 11.7 Å². The molecule has 0 radical (unpaired) electrons. The van der Waals surface area contributed by atoms with Crippen molar-refractivity contribution in [1.29, 1.82) is 0 Å². The fraction of sp³-hybridized carbons (Fsp3) is 0.182. The van der Waals surface area contributed by atoms with E-state index in [9.17, 15) is 18.0 Å². The van der Waals surface area contributed by atoms with Crippen LogP contribution in [0.15, 0.2) is 29.3 Å². The number of alkyl halides is 3. The number of ketones is 1. The number of halogens is 3. The summed E-state index contributed by atoms with van der Waals surface area (Å²) in [6.45, 7) is 0. The minimum Gasteiger partial charge on any atom is -0.393 e. The van der Waals surface area contributed by atoms with Crippen LogP contribution in [0.5, 0.6) is 0 Å². The van der Waals surface area contributed by atoms with Crippen LogP contribution in [0, 0.1) is 0 Å². The molecule has 0 saturated heterocycles. The van der Waals surface area contributed by atoms with Crippen molar-refractivity contribution in [3.8, 4) is 0 Å². The molecule has 0 unspecified atom stereocenters. The Hall–Kier alpha value is -1.43. The number of hydrogen-bond donors (Lipinski definition) is 1. The van der Waals surface area contributed by atoms with Crippen LogP contribution in [0.4, 0.5) is 13.2 Å². The molecule has 2 nitrogen and oxygen atoms in total. The number of benzene rings is 1. The van der Waals surface area contributed by atoms with Gasteiger partial charge in [-0.2, -0.15) is 13.2 Å². The van der Waals surface area contributed by atoms with E-state index in [1.165, 1.54) is 12.1 Å². The molecule has 6 heteroatoms. The molecule has 0 saturated carbocycles. The molecule has 0 amide bonds. The summed E-state index contributed by atoms with van der Waals surface area (Å²) in [6.07, 6.45) is -4.42. The first kappa shape index (κ1) is 12.0. The zero-order valence-corrected chi connectivity index (χ0v) is 9.36. The molecule has 1 heterocycles. The summed E-state index contributed by atoms with van der Waals surface area (Å²) in [6, 6.07) is 4.65. The molecule has 2 N–H and O–H groups in total. The van der Waals surface area contributed by atoms with E-state index in [2.05, 4.69) is 0 Å². The van der Waals surface area contributed by atoms with Crippen LogP contribution < -0.4 is 5.73 Å². The molecule has 2 rings (SSSR count). The van der Waals surface area contributed by atoms with Crippen molar-refractivity contribution in [3.63, 3.8) is 0 Å². The van der Waals surface area contributed by atoms with Crippen LogP contribution >= 0.6 is 11.8 Å². The van der Waals surface area contributed by atoms with E-state index in [0.29, 0.717) is 0 Å². The lowest BCUT2D eigenvalue weighted by Crippen LogP contribution is -2.07. The van der Waals surface area contributed by atoms with Gasteiger partial charge in [0.05, 0.1) is 21.9 Å². The number of carbonyl (C=O) groups is 1. The Morgan fingerprint density at radius 2 is 2.00 bits per heavy atom. The predicted molar refractivity (Wildman–Crippen MR) is 60.0 cm³/mol. The summed E-state index contributed by atoms with van der Waals surface area (Å²) in [5, 5.41) is 0.286. The topological polar surface area (TPSA) is 43.1 Å². The Morgan fingerprint density at radius 3 is 2.53 bits per heavy atom. The van der Waals surface area contributed by atoms with Gasteiger partial charge in [-0.05, 0) is 17.7 Å². The fourth-order valence-electron chi connectivity index (χ4n) is 1.58. The Labute approximate surface area is 99.7 Å². The quantitative estimate of drug-likeness (QED) is 0.843. The average molecular weight is 259 g/mol. The van der Waals surface area contributed by atoms with Crippen molar-refractivity contribution in [2.45, 2.75) is 6.18 Å². The highest BCUT2D eigenvalue weighted by Crippen LogP contribution is 2.35. The molecule has 90 valence electrons. The molecule has 0 aromatic heterocycles. The monoisotopic (exact) mass is 259 g/mol. The van der Waals surface area contributed by atoms with Crippen LogP contribution in [0.3, 0.4) is 0 Å². The highest BCUT2D eigenvalue weighted by Gasteiger charge is 2.32. The highest BCUT2D eigenvalue weighted by molar-refractivity contribution is 8.04. The Kier molecular flexibility index (Phi) is 2.91. The second-order valence-corrected chi connectivity index (χ2v) is 4.55. The summed E-state index contributed by atoms with van der Waals surface area (Å²) in [5.41, 5.74) is 5.25. The standard InChI is InChI=1S/C11H8F3NOS/c12-11(13,14)7-3-1-2-6(4-7)9-8(16)5-17-10(9)15/h1-4H,5,15H2. The lowest BCUT2D eigenvalue weighted by Gasteiger charge is -2.09. The van der Waals surface area contributed by atoms with Gasteiger partial charge in [-0.3, -0.25) is 4.79 Å². The number of rotatable bonds is 1. The number of Topliss-reactive ketones (excluding diaryl/α,β-unsaturated/α-hetero) is 1. The van der Waals surface area contributed by atoms with Crippen LogP contribution in [-0.2, 0) is 11.0 Å². The Morgan fingerprint density at radius 1 is 1.29 bits per heavy atom. The number of thioether (sulfide) groups is 1. The summed E-state index contributed by atoms with van der Waals surface area (Å²) < 4.78 is 37.5. The SMILES string of the molecule is NC1=C(c2cccc(C(F)(F)F)c2)C(=O)CS1. The molecule has 1 aromatic carbocycles. The minimum absolute atomic E-state index is 0.192. The maximum absolute atomic E-state index is 12.5. The van der Waals surface area contributed by atoms with Gasteiger partial charge < -0.3 is 5.73 Å². The van der Waals surface area contributed by atoms with Gasteiger partial charge in [0.25, 0.3) is 0 Å². The van der Waals surface area contributed by atoms with Crippen LogP contribution in [0.2, 0.25) is 0 Å². The third-order valence-electron chi connectivity index (χ3n) is 2.36. The summed E-state index contributed by atoms with van der Waals surface area (Å²) >= 11 is 1.15. The molecule has 0 atom stereocenters. The lowest BCUT2D eigenvalue weighted by atomic mass is 10.0. The van der Waals surface area contributed by atoms with E-state index in [1.807, 2.05) is 0 Å². The van der Waals surface area contributed by atoms with Crippen molar-refractivity contribution in [2.75, 3.05) is 5.75 Å². The van der Waals surface area contributed by atoms with E-state index in [1.54, 1.807) is 0 Å². The number of carbonyl (C=O) groups excluding carboxylic acids is 1. The molecular formula is C11H8F3NOS.